The highest BCUT2D eigenvalue weighted by molar-refractivity contribution is 5.86. The molecule has 0 saturated heterocycles. The van der Waals surface area contributed by atoms with Gasteiger partial charge in [-0.2, -0.15) is 5.10 Å². The van der Waals surface area contributed by atoms with Crippen molar-refractivity contribution in [2.24, 2.45) is 0 Å². The van der Waals surface area contributed by atoms with Gasteiger partial charge in [0.15, 0.2) is 0 Å². The summed E-state index contributed by atoms with van der Waals surface area (Å²) in [7, 11) is 0. The maximum Gasteiger partial charge on any atom is 0.267 e. The van der Waals surface area contributed by atoms with E-state index in [9.17, 15) is 9.59 Å². The molecule has 0 spiro atoms. The number of fused-ring (bicyclic) bond motifs is 1. The summed E-state index contributed by atoms with van der Waals surface area (Å²) in [5.74, 6) is -0.0649. The van der Waals surface area contributed by atoms with Gasteiger partial charge in [0.2, 0.25) is 5.91 Å². The Kier molecular flexibility index (Phi) is 6.99. The Morgan fingerprint density at radius 1 is 0.750 bits per heavy atom. The van der Waals surface area contributed by atoms with E-state index in [0.717, 1.165) is 22.8 Å². The molecule has 5 rings (SSSR count). The highest BCUT2D eigenvalue weighted by atomic mass is 16.2. The number of benzene rings is 4. The molecule has 1 heterocycles. The van der Waals surface area contributed by atoms with Gasteiger partial charge in [-0.25, -0.2) is 4.68 Å². The van der Waals surface area contributed by atoms with Crippen LogP contribution in [0.15, 0.2) is 120 Å². The minimum Gasteiger partial charge on any atom is -0.354 e. The summed E-state index contributed by atoms with van der Waals surface area (Å²) in [5.41, 5.74) is 3.66. The van der Waals surface area contributed by atoms with Gasteiger partial charge in [-0.3, -0.25) is 9.59 Å². The highest BCUT2D eigenvalue weighted by Crippen LogP contribution is 2.27. The maximum atomic E-state index is 12.7. The Balaban J connectivity index is 1.26. The molecular weight excluding hydrogens is 446 g/mol. The molecule has 5 nitrogen and oxygen atoms in total. The number of nitrogens with zero attached hydrogens (tertiary/aromatic N) is 2. The predicted molar refractivity (Wildman–Crippen MR) is 144 cm³/mol. The number of hydrogen-bond acceptors (Lipinski definition) is 3. The van der Waals surface area contributed by atoms with Crippen LogP contribution in [0.4, 0.5) is 0 Å². The molecule has 5 aromatic rings. The van der Waals surface area contributed by atoms with Crippen LogP contribution >= 0.6 is 0 Å². The van der Waals surface area contributed by atoms with Crippen LogP contribution in [0.3, 0.4) is 0 Å². The van der Waals surface area contributed by atoms with Crippen LogP contribution in [-0.4, -0.2) is 22.2 Å². The van der Waals surface area contributed by atoms with E-state index in [-0.39, 0.29) is 23.9 Å². The lowest BCUT2D eigenvalue weighted by molar-refractivity contribution is -0.121. The molecule has 1 aromatic heterocycles. The van der Waals surface area contributed by atoms with Crippen molar-refractivity contribution in [3.8, 4) is 11.3 Å². The van der Waals surface area contributed by atoms with Gasteiger partial charge in [0.1, 0.15) is 6.54 Å². The summed E-state index contributed by atoms with van der Waals surface area (Å²) in [5, 5.41) is 9.68. The summed E-state index contributed by atoms with van der Waals surface area (Å²) in [6.07, 6.45) is 0.749. The molecular formula is C31H27N3O2. The van der Waals surface area contributed by atoms with Crippen LogP contribution < -0.4 is 10.9 Å². The van der Waals surface area contributed by atoms with E-state index in [1.165, 1.54) is 21.9 Å². The Labute approximate surface area is 210 Å². The van der Waals surface area contributed by atoms with Crippen molar-refractivity contribution >= 4 is 16.7 Å². The lowest BCUT2D eigenvalue weighted by Gasteiger charge is -2.18. The third kappa shape index (κ3) is 5.41. The van der Waals surface area contributed by atoms with Gasteiger partial charge in [0, 0.05) is 24.1 Å². The van der Waals surface area contributed by atoms with Crippen LogP contribution in [0.2, 0.25) is 0 Å². The lowest BCUT2D eigenvalue weighted by Crippen LogP contribution is -2.34. The fourth-order valence-electron chi connectivity index (χ4n) is 4.51. The van der Waals surface area contributed by atoms with Gasteiger partial charge >= 0.3 is 0 Å². The number of carbonyl (C=O) groups excluding carboxylic acids is 1. The molecule has 1 amide bonds. The Morgan fingerprint density at radius 2 is 1.39 bits per heavy atom. The van der Waals surface area contributed by atoms with Gasteiger partial charge in [0.05, 0.1) is 5.69 Å². The van der Waals surface area contributed by atoms with Crippen molar-refractivity contribution in [3.63, 3.8) is 0 Å². The third-order valence-electron chi connectivity index (χ3n) is 6.36. The number of aromatic nitrogens is 2. The number of nitrogens with one attached hydrogen (secondary N) is 1. The van der Waals surface area contributed by atoms with Crippen LogP contribution in [0, 0.1) is 0 Å². The average Bonchev–Trinajstić information content (AvgIpc) is 2.93. The minimum atomic E-state index is -0.305. The van der Waals surface area contributed by atoms with Crippen molar-refractivity contribution in [2.75, 3.05) is 6.54 Å². The van der Waals surface area contributed by atoms with E-state index >= 15 is 0 Å². The predicted octanol–water partition coefficient (Wildman–Crippen LogP) is 5.40. The van der Waals surface area contributed by atoms with Gasteiger partial charge in [-0.1, -0.05) is 97.1 Å². The smallest absolute Gasteiger partial charge is 0.267 e. The maximum absolute atomic E-state index is 12.7. The second-order valence-corrected chi connectivity index (χ2v) is 8.79. The molecule has 0 aliphatic carbocycles. The first kappa shape index (κ1) is 23.2. The molecule has 0 saturated carbocycles. The van der Waals surface area contributed by atoms with E-state index in [1.807, 2.05) is 72.8 Å². The fraction of sp³-hybridized carbons (Fsp3) is 0.129. The van der Waals surface area contributed by atoms with Gasteiger partial charge in [0.25, 0.3) is 5.56 Å². The zero-order valence-electron chi connectivity index (χ0n) is 19.9. The second-order valence-electron chi connectivity index (χ2n) is 8.79. The first-order valence-corrected chi connectivity index (χ1v) is 12.1. The van der Waals surface area contributed by atoms with Crippen LogP contribution in [-0.2, 0) is 11.3 Å². The Bertz CT molecular complexity index is 1490. The zero-order valence-corrected chi connectivity index (χ0v) is 19.9. The summed E-state index contributed by atoms with van der Waals surface area (Å²) in [4.78, 5) is 25.2. The molecule has 0 atom stereocenters. The van der Waals surface area contributed by atoms with E-state index in [4.69, 9.17) is 0 Å². The third-order valence-corrected chi connectivity index (χ3v) is 6.36. The van der Waals surface area contributed by atoms with Gasteiger partial charge in [-0.15, -0.1) is 0 Å². The second kappa shape index (κ2) is 10.8. The normalized spacial score (nSPS) is 11.0. The van der Waals surface area contributed by atoms with Gasteiger partial charge in [-0.05, 0) is 40.5 Å². The summed E-state index contributed by atoms with van der Waals surface area (Å²) >= 11 is 0. The van der Waals surface area contributed by atoms with Gasteiger partial charge < -0.3 is 5.32 Å². The number of hydrogen-bond donors (Lipinski definition) is 1. The molecule has 0 fully saturated rings. The first-order valence-electron chi connectivity index (χ1n) is 12.1. The van der Waals surface area contributed by atoms with E-state index in [0.29, 0.717) is 12.2 Å². The van der Waals surface area contributed by atoms with Crippen molar-refractivity contribution in [3.05, 3.63) is 137 Å². The molecule has 5 heteroatoms. The summed E-state index contributed by atoms with van der Waals surface area (Å²) in [6, 6.07) is 37.9. The molecule has 0 radical (unpaired) electrons. The van der Waals surface area contributed by atoms with E-state index in [2.05, 4.69) is 40.7 Å². The standard InChI is InChI=1S/C31H27N3O2/c35-30(32-20-19-28(24-10-3-1-4-11-24)25-12-5-2-6-13-25)22-34-31(36)18-17-29(33-34)27-16-15-23-9-7-8-14-26(23)21-27/h1-18,21,28H,19-20,22H2,(H,32,35). The van der Waals surface area contributed by atoms with Crippen molar-refractivity contribution < 1.29 is 4.79 Å². The highest BCUT2D eigenvalue weighted by Gasteiger charge is 2.15. The molecule has 4 aromatic carbocycles. The van der Waals surface area contributed by atoms with Crippen LogP contribution in [0.1, 0.15) is 23.5 Å². The first-order chi connectivity index (χ1) is 17.7. The molecule has 0 aliphatic heterocycles. The lowest BCUT2D eigenvalue weighted by atomic mass is 9.88. The summed E-state index contributed by atoms with van der Waals surface area (Å²) < 4.78 is 1.23. The molecule has 0 unspecified atom stereocenters. The number of amides is 1. The minimum absolute atomic E-state index is 0.123. The topological polar surface area (TPSA) is 64.0 Å². The van der Waals surface area contributed by atoms with Crippen molar-refractivity contribution in [2.45, 2.75) is 18.9 Å². The molecule has 36 heavy (non-hydrogen) atoms. The van der Waals surface area contributed by atoms with Crippen LogP contribution in [0.5, 0.6) is 0 Å². The zero-order chi connectivity index (χ0) is 24.7. The Morgan fingerprint density at radius 3 is 2.08 bits per heavy atom. The average molecular weight is 474 g/mol. The van der Waals surface area contributed by atoms with Crippen LogP contribution in [0.25, 0.3) is 22.0 Å². The van der Waals surface area contributed by atoms with Crippen molar-refractivity contribution in [1.29, 1.82) is 0 Å². The number of rotatable bonds is 8. The van der Waals surface area contributed by atoms with Crippen molar-refractivity contribution in [1.82, 2.24) is 15.1 Å². The monoisotopic (exact) mass is 473 g/mol. The quantitative estimate of drug-likeness (QED) is 0.328. The fourth-order valence-corrected chi connectivity index (χ4v) is 4.51. The Hall–Kier alpha value is -4.51. The SMILES string of the molecule is O=C(Cn1nc(-c2ccc3ccccc3c2)ccc1=O)NCCC(c1ccccc1)c1ccccc1. The molecule has 0 aliphatic rings. The van der Waals surface area contributed by atoms with E-state index in [1.54, 1.807) is 6.07 Å². The number of carbonyl (C=O) groups is 1. The molecule has 0 bridgehead atoms. The largest absolute Gasteiger partial charge is 0.354 e. The molecule has 1 N–H and O–H groups in total. The van der Waals surface area contributed by atoms with E-state index < -0.39 is 0 Å². The molecule has 178 valence electrons. The summed E-state index contributed by atoms with van der Waals surface area (Å²) in [6.45, 7) is 0.369.